The Morgan fingerprint density at radius 1 is 1.25 bits per heavy atom. The second-order valence-electron chi connectivity index (χ2n) is 7.96. The smallest absolute Gasteiger partial charge is 0.249 e. The van der Waals surface area contributed by atoms with Gasteiger partial charge in [-0.2, -0.15) is 5.10 Å². The number of ether oxygens (including phenoxy) is 1. The van der Waals surface area contributed by atoms with Crippen LogP contribution in [0.4, 0.5) is 10.2 Å². The van der Waals surface area contributed by atoms with Gasteiger partial charge in [0.1, 0.15) is 11.4 Å². The minimum absolute atomic E-state index is 0.0248. The Morgan fingerprint density at radius 2 is 1.97 bits per heavy atom. The first-order valence-corrected chi connectivity index (χ1v) is 10.6. The largest absolute Gasteiger partial charge is 0.489 e. The van der Waals surface area contributed by atoms with Gasteiger partial charge < -0.3 is 15.4 Å². The number of hydrogen-bond acceptors (Lipinski definition) is 5. The van der Waals surface area contributed by atoms with Crippen LogP contribution >= 0.6 is 23.2 Å². The Bertz CT molecular complexity index is 1150. The standard InChI is InChI=1S/C22H24Cl2FN5O2/c1-22(2,21(31)29(3)4)30-12-14(11-28-30)13-9-18(20(26)27-10-13)32-8-7-15-16(23)5-6-17(25)19(15)24/h5-6,9-12H,7-8H2,1-4H3,(H2,26,27). The summed E-state index contributed by atoms with van der Waals surface area (Å²) in [5.74, 6) is -0.0496. The molecule has 0 saturated heterocycles. The average molecular weight is 480 g/mol. The van der Waals surface area contributed by atoms with Crippen LogP contribution in [-0.4, -0.2) is 46.3 Å². The molecule has 0 atom stereocenters. The van der Waals surface area contributed by atoms with E-state index in [1.54, 1.807) is 57.3 Å². The molecule has 0 spiro atoms. The highest BCUT2D eigenvalue weighted by molar-refractivity contribution is 6.36. The topological polar surface area (TPSA) is 86.3 Å². The molecule has 0 saturated carbocycles. The number of nitrogens with two attached hydrogens (primary N) is 1. The minimum atomic E-state index is -0.855. The van der Waals surface area contributed by atoms with Crippen LogP contribution in [0.25, 0.3) is 11.1 Å². The summed E-state index contributed by atoms with van der Waals surface area (Å²) in [6.07, 6.45) is 5.31. The monoisotopic (exact) mass is 479 g/mol. The van der Waals surface area contributed by atoms with Crippen LogP contribution in [0.2, 0.25) is 10.0 Å². The first-order valence-electron chi connectivity index (χ1n) is 9.80. The molecule has 32 heavy (non-hydrogen) atoms. The molecule has 2 aromatic heterocycles. The number of carbonyl (C=O) groups excluding carboxylic acids is 1. The van der Waals surface area contributed by atoms with E-state index in [-0.39, 0.29) is 29.8 Å². The lowest BCUT2D eigenvalue weighted by Crippen LogP contribution is -2.44. The van der Waals surface area contributed by atoms with E-state index in [4.69, 9.17) is 33.7 Å². The van der Waals surface area contributed by atoms with Crippen molar-refractivity contribution in [3.8, 4) is 16.9 Å². The minimum Gasteiger partial charge on any atom is -0.489 e. The van der Waals surface area contributed by atoms with E-state index < -0.39 is 11.4 Å². The zero-order valence-electron chi connectivity index (χ0n) is 18.2. The maximum absolute atomic E-state index is 13.7. The normalized spacial score (nSPS) is 11.5. The lowest BCUT2D eigenvalue weighted by Gasteiger charge is -2.27. The molecule has 0 unspecified atom stereocenters. The fourth-order valence-electron chi connectivity index (χ4n) is 3.21. The fourth-order valence-corrected chi connectivity index (χ4v) is 3.77. The molecule has 7 nitrogen and oxygen atoms in total. The van der Waals surface area contributed by atoms with Gasteiger partial charge in [-0.3, -0.25) is 9.48 Å². The molecule has 1 amide bonds. The summed E-state index contributed by atoms with van der Waals surface area (Å²) in [7, 11) is 3.40. The van der Waals surface area contributed by atoms with Crippen LogP contribution in [0.15, 0.2) is 36.8 Å². The molecule has 3 aromatic rings. The molecule has 3 rings (SSSR count). The second kappa shape index (κ2) is 9.34. The zero-order valence-corrected chi connectivity index (χ0v) is 19.7. The molecule has 0 aliphatic rings. The molecule has 0 aliphatic carbocycles. The molecular weight excluding hydrogens is 456 g/mol. The number of nitrogen functional groups attached to an aromatic ring is 1. The van der Waals surface area contributed by atoms with Gasteiger partial charge in [0, 0.05) is 49.1 Å². The highest BCUT2D eigenvalue weighted by Gasteiger charge is 2.32. The Hall–Kier alpha value is -2.84. The van der Waals surface area contributed by atoms with Crippen molar-refractivity contribution in [2.75, 3.05) is 26.4 Å². The van der Waals surface area contributed by atoms with Crippen molar-refractivity contribution in [3.63, 3.8) is 0 Å². The first-order chi connectivity index (χ1) is 15.0. The number of carbonyl (C=O) groups is 1. The van der Waals surface area contributed by atoms with Gasteiger partial charge in [0.05, 0.1) is 17.8 Å². The number of pyridine rings is 1. The van der Waals surface area contributed by atoms with Gasteiger partial charge in [-0.05, 0) is 37.6 Å². The maximum atomic E-state index is 13.7. The fraction of sp³-hybridized carbons (Fsp3) is 0.318. The number of halogens is 3. The van der Waals surface area contributed by atoms with Crippen molar-refractivity contribution in [1.82, 2.24) is 19.7 Å². The van der Waals surface area contributed by atoms with E-state index in [1.165, 1.54) is 17.0 Å². The number of nitrogens with zero attached hydrogens (tertiary/aromatic N) is 4. The molecule has 1 aromatic carbocycles. The first kappa shape index (κ1) is 23.8. The average Bonchev–Trinajstić information content (AvgIpc) is 3.25. The van der Waals surface area contributed by atoms with E-state index in [9.17, 15) is 9.18 Å². The maximum Gasteiger partial charge on any atom is 0.249 e. The van der Waals surface area contributed by atoms with Crippen LogP contribution in [0.3, 0.4) is 0 Å². The Balaban J connectivity index is 1.78. The molecule has 10 heteroatoms. The number of anilines is 1. The van der Waals surface area contributed by atoms with Crippen molar-refractivity contribution in [1.29, 1.82) is 0 Å². The van der Waals surface area contributed by atoms with Gasteiger partial charge in [0.2, 0.25) is 5.91 Å². The number of hydrogen-bond donors (Lipinski definition) is 1. The summed E-state index contributed by atoms with van der Waals surface area (Å²) >= 11 is 12.1. The van der Waals surface area contributed by atoms with Crippen LogP contribution in [0.5, 0.6) is 5.75 Å². The van der Waals surface area contributed by atoms with Gasteiger partial charge in [-0.15, -0.1) is 0 Å². The third-order valence-corrected chi connectivity index (χ3v) is 5.81. The predicted molar refractivity (Wildman–Crippen MR) is 124 cm³/mol. The van der Waals surface area contributed by atoms with Crippen molar-refractivity contribution >= 4 is 34.9 Å². The number of likely N-dealkylation sites (N-methyl/N-ethyl adjacent to an activating group) is 1. The number of aromatic nitrogens is 3. The molecule has 0 aliphatic heterocycles. The van der Waals surface area contributed by atoms with Crippen molar-refractivity contribution < 1.29 is 13.9 Å². The predicted octanol–water partition coefficient (Wildman–Crippen LogP) is 4.42. The van der Waals surface area contributed by atoms with E-state index >= 15 is 0 Å². The van der Waals surface area contributed by atoms with Crippen LogP contribution in [0.1, 0.15) is 19.4 Å². The Labute approximate surface area is 195 Å². The third-order valence-electron chi connectivity index (χ3n) is 5.05. The van der Waals surface area contributed by atoms with Gasteiger partial charge in [0.25, 0.3) is 0 Å². The van der Waals surface area contributed by atoms with Crippen LogP contribution in [0, 0.1) is 5.82 Å². The van der Waals surface area contributed by atoms with Crippen molar-refractivity contribution in [3.05, 3.63) is 58.2 Å². The molecular formula is C22H24Cl2FN5O2. The van der Waals surface area contributed by atoms with Crippen LogP contribution < -0.4 is 10.5 Å². The number of benzene rings is 1. The quantitative estimate of drug-likeness (QED) is 0.506. The second-order valence-corrected chi connectivity index (χ2v) is 8.74. The summed E-state index contributed by atoms with van der Waals surface area (Å²) in [6.45, 7) is 3.76. The van der Waals surface area contributed by atoms with E-state index in [0.717, 1.165) is 11.1 Å². The highest BCUT2D eigenvalue weighted by Crippen LogP contribution is 2.30. The van der Waals surface area contributed by atoms with E-state index in [0.29, 0.717) is 16.3 Å². The molecule has 2 heterocycles. The van der Waals surface area contributed by atoms with Gasteiger partial charge in [-0.1, -0.05) is 23.2 Å². The van der Waals surface area contributed by atoms with E-state index in [1.807, 2.05) is 0 Å². The van der Waals surface area contributed by atoms with Gasteiger partial charge >= 0.3 is 0 Å². The lowest BCUT2D eigenvalue weighted by atomic mass is 10.0. The van der Waals surface area contributed by atoms with Gasteiger partial charge in [-0.25, -0.2) is 9.37 Å². The van der Waals surface area contributed by atoms with Crippen molar-refractivity contribution in [2.24, 2.45) is 0 Å². The summed E-state index contributed by atoms with van der Waals surface area (Å²) in [6, 6.07) is 4.40. The van der Waals surface area contributed by atoms with Crippen molar-refractivity contribution in [2.45, 2.75) is 25.8 Å². The molecule has 0 bridgehead atoms. The summed E-state index contributed by atoms with van der Waals surface area (Å²) in [5, 5.41) is 4.69. The number of rotatable bonds is 7. The summed E-state index contributed by atoms with van der Waals surface area (Å²) in [4.78, 5) is 18.2. The zero-order chi connectivity index (χ0) is 23.6. The Kier molecular flexibility index (Phi) is 6.95. The number of amides is 1. The Morgan fingerprint density at radius 3 is 2.66 bits per heavy atom. The summed E-state index contributed by atoms with van der Waals surface area (Å²) in [5.41, 5.74) is 7.03. The molecule has 0 radical (unpaired) electrons. The molecule has 2 N–H and O–H groups in total. The highest BCUT2D eigenvalue weighted by atomic mass is 35.5. The summed E-state index contributed by atoms with van der Waals surface area (Å²) < 4.78 is 21.1. The van der Waals surface area contributed by atoms with E-state index in [2.05, 4.69) is 10.1 Å². The van der Waals surface area contributed by atoms with Gasteiger partial charge in [0.15, 0.2) is 11.6 Å². The molecule has 170 valence electrons. The van der Waals surface area contributed by atoms with Crippen LogP contribution in [-0.2, 0) is 16.8 Å². The third kappa shape index (κ3) is 4.81. The lowest BCUT2D eigenvalue weighted by molar-refractivity contribution is -0.137. The SMILES string of the molecule is CN(C)C(=O)C(C)(C)n1cc(-c2cnc(N)c(OCCc3c(Cl)ccc(F)c3Cl)c2)cn1. The molecule has 0 fully saturated rings.